The van der Waals surface area contributed by atoms with Gasteiger partial charge in [0.05, 0.1) is 16.1 Å². The predicted octanol–water partition coefficient (Wildman–Crippen LogP) is 1.71. The van der Waals surface area contributed by atoms with Crippen molar-refractivity contribution in [1.82, 2.24) is 9.71 Å². The van der Waals surface area contributed by atoms with Gasteiger partial charge in [-0.2, -0.15) is 4.39 Å². The molecule has 0 saturated heterocycles. The lowest BCUT2D eigenvalue weighted by Gasteiger charge is -2.07. The number of nitrogens with one attached hydrogen (secondary N) is 1. The highest BCUT2D eigenvalue weighted by atomic mass is 32.2. The lowest BCUT2D eigenvalue weighted by Crippen LogP contribution is -2.27. The lowest BCUT2D eigenvalue weighted by atomic mass is 10.3. The van der Waals surface area contributed by atoms with E-state index in [1.807, 2.05) is 0 Å². The van der Waals surface area contributed by atoms with Gasteiger partial charge in [-0.1, -0.05) is 6.07 Å². The number of halogens is 1. The van der Waals surface area contributed by atoms with Crippen molar-refractivity contribution in [2.75, 3.05) is 6.54 Å². The highest BCUT2D eigenvalue weighted by Crippen LogP contribution is 2.26. The topological polar surface area (TPSA) is 102 Å². The summed E-state index contributed by atoms with van der Waals surface area (Å²) in [6.45, 7) is 0.0136. The van der Waals surface area contributed by atoms with Crippen molar-refractivity contribution in [2.24, 2.45) is 0 Å². The second kappa shape index (κ2) is 6.24. The third-order valence-corrected chi connectivity index (χ3v) is 4.71. The fourth-order valence-electron chi connectivity index (χ4n) is 1.64. The Labute approximate surface area is 123 Å². The maximum Gasteiger partial charge on any atom is 0.324 e. The smallest absolute Gasteiger partial charge is 0.258 e. The quantitative estimate of drug-likeness (QED) is 0.641. The Morgan fingerprint density at radius 1 is 1.43 bits per heavy atom. The normalized spacial score (nSPS) is 11.5. The van der Waals surface area contributed by atoms with Crippen LogP contribution in [-0.2, 0) is 16.4 Å². The molecule has 2 aromatic rings. The first-order chi connectivity index (χ1) is 9.92. The standard InChI is InChI=1S/C11H10FN3O4S2/c12-9-2-1-3-10(11(9)15(16)17)21(18,19)14-5-4-8-6-20-7-13-8/h1-3,6-7,14H,4-5H2. The van der Waals surface area contributed by atoms with Crippen molar-refractivity contribution in [2.45, 2.75) is 11.3 Å². The van der Waals surface area contributed by atoms with Crippen molar-refractivity contribution < 1.29 is 17.7 Å². The Morgan fingerprint density at radius 2 is 2.19 bits per heavy atom. The van der Waals surface area contributed by atoms with Crippen LogP contribution < -0.4 is 4.72 Å². The van der Waals surface area contributed by atoms with E-state index >= 15 is 0 Å². The number of para-hydroxylation sites is 1. The van der Waals surface area contributed by atoms with Crippen molar-refractivity contribution in [1.29, 1.82) is 0 Å². The Bertz CT molecular complexity index is 747. The maximum absolute atomic E-state index is 13.4. The van der Waals surface area contributed by atoms with Gasteiger partial charge in [-0.05, 0) is 12.1 Å². The molecule has 0 unspecified atom stereocenters. The van der Waals surface area contributed by atoms with Crippen LogP contribution in [0.3, 0.4) is 0 Å². The molecular weight excluding hydrogens is 321 g/mol. The van der Waals surface area contributed by atoms with Gasteiger partial charge in [0.15, 0.2) is 4.90 Å². The minimum atomic E-state index is -4.17. The Morgan fingerprint density at radius 3 is 2.81 bits per heavy atom. The van der Waals surface area contributed by atoms with Crippen LogP contribution in [0.25, 0.3) is 0 Å². The van der Waals surface area contributed by atoms with Crippen LogP contribution in [0.2, 0.25) is 0 Å². The third kappa shape index (κ3) is 3.60. The predicted molar refractivity (Wildman–Crippen MR) is 74.1 cm³/mol. The third-order valence-electron chi connectivity index (χ3n) is 2.58. The highest BCUT2D eigenvalue weighted by Gasteiger charge is 2.28. The van der Waals surface area contributed by atoms with Gasteiger partial charge in [-0.25, -0.2) is 18.1 Å². The first-order valence-electron chi connectivity index (χ1n) is 5.71. The summed E-state index contributed by atoms with van der Waals surface area (Å²) in [4.78, 5) is 13.1. The highest BCUT2D eigenvalue weighted by molar-refractivity contribution is 7.89. The molecule has 0 spiro atoms. The molecule has 0 atom stereocenters. The SMILES string of the molecule is O=[N+]([O-])c1c(F)cccc1S(=O)(=O)NCCc1cscn1. The number of nitro benzene ring substituents is 1. The average molecular weight is 331 g/mol. The van der Waals surface area contributed by atoms with Gasteiger partial charge in [0, 0.05) is 18.3 Å². The van der Waals surface area contributed by atoms with E-state index < -0.39 is 31.3 Å². The van der Waals surface area contributed by atoms with Crippen LogP contribution in [0.4, 0.5) is 10.1 Å². The summed E-state index contributed by atoms with van der Waals surface area (Å²) in [5.41, 5.74) is 1.26. The molecule has 0 fully saturated rings. The number of rotatable bonds is 6. The van der Waals surface area contributed by atoms with Crippen LogP contribution >= 0.6 is 11.3 Å². The zero-order valence-corrected chi connectivity index (χ0v) is 12.2. The molecule has 0 aliphatic carbocycles. The number of hydrogen-bond acceptors (Lipinski definition) is 6. The van der Waals surface area contributed by atoms with Crippen molar-refractivity contribution in [3.8, 4) is 0 Å². The zero-order chi connectivity index (χ0) is 15.5. The molecule has 1 N–H and O–H groups in total. The molecular formula is C11H10FN3O4S2. The summed E-state index contributed by atoms with van der Waals surface area (Å²) >= 11 is 1.37. The number of benzene rings is 1. The Kier molecular flexibility index (Phi) is 4.60. The number of hydrogen-bond donors (Lipinski definition) is 1. The first-order valence-corrected chi connectivity index (χ1v) is 8.14. The molecule has 0 aliphatic heterocycles. The summed E-state index contributed by atoms with van der Waals surface area (Å²) in [6.07, 6.45) is 0.339. The fourth-order valence-corrected chi connectivity index (χ4v) is 3.45. The summed E-state index contributed by atoms with van der Waals surface area (Å²) < 4.78 is 39.7. The van der Waals surface area contributed by atoms with E-state index in [4.69, 9.17) is 0 Å². The van der Waals surface area contributed by atoms with E-state index in [9.17, 15) is 22.9 Å². The summed E-state index contributed by atoms with van der Waals surface area (Å²) in [5.74, 6) is -1.19. The molecule has 1 heterocycles. The van der Waals surface area contributed by atoms with Crippen LogP contribution in [-0.4, -0.2) is 24.9 Å². The van der Waals surface area contributed by atoms with Gasteiger partial charge in [0.25, 0.3) is 0 Å². The van der Waals surface area contributed by atoms with Gasteiger partial charge < -0.3 is 0 Å². The molecule has 21 heavy (non-hydrogen) atoms. The molecule has 0 saturated carbocycles. The first kappa shape index (κ1) is 15.5. The number of thiazole rings is 1. The van der Waals surface area contributed by atoms with Gasteiger partial charge in [-0.15, -0.1) is 11.3 Å². The largest absolute Gasteiger partial charge is 0.324 e. The van der Waals surface area contributed by atoms with Crippen LogP contribution in [0, 0.1) is 15.9 Å². The molecule has 0 aliphatic rings. The van der Waals surface area contributed by atoms with E-state index in [-0.39, 0.29) is 6.54 Å². The van der Waals surface area contributed by atoms with Gasteiger partial charge in [-0.3, -0.25) is 10.1 Å². The van der Waals surface area contributed by atoms with Gasteiger partial charge in [0.2, 0.25) is 15.8 Å². The molecule has 0 bridgehead atoms. The van der Waals surface area contributed by atoms with Gasteiger partial charge >= 0.3 is 5.69 Å². The molecule has 2 rings (SSSR count). The number of nitro groups is 1. The van der Waals surface area contributed by atoms with Crippen molar-refractivity contribution in [3.05, 3.63) is 50.7 Å². The van der Waals surface area contributed by atoms with Crippen molar-refractivity contribution in [3.63, 3.8) is 0 Å². The van der Waals surface area contributed by atoms with E-state index in [0.717, 1.165) is 18.2 Å². The molecule has 1 aromatic heterocycles. The second-order valence-corrected chi connectivity index (χ2v) is 6.43. The van der Waals surface area contributed by atoms with E-state index in [2.05, 4.69) is 9.71 Å². The average Bonchev–Trinajstić information content (AvgIpc) is 2.91. The van der Waals surface area contributed by atoms with Crippen LogP contribution in [0.15, 0.2) is 34.0 Å². The van der Waals surface area contributed by atoms with E-state index in [1.165, 1.54) is 11.3 Å². The Hall–Kier alpha value is -1.91. The number of aromatic nitrogens is 1. The summed E-state index contributed by atoms with van der Waals surface area (Å²) in [7, 11) is -4.17. The molecule has 0 radical (unpaired) electrons. The van der Waals surface area contributed by atoms with E-state index in [0.29, 0.717) is 12.1 Å². The fraction of sp³-hybridized carbons (Fsp3) is 0.182. The summed E-state index contributed by atoms with van der Waals surface area (Å²) in [5, 5.41) is 12.6. The monoisotopic (exact) mass is 331 g/mol. The minimum absolute atomic E-state index is 0.0136. The molecule has 112 valence electrons. The van der Waals surface area contributed by atoms with Crippen molar-refractivity contribution >= 4 is 27.0 Å². The zero-order valence-electron chi connectivity index (χ0n) is 10.5. The molecule has 10 heteroatoms. The maximum atomic E-state index is 13.4. The van der Waals surface area contributed by atoms with E-state index in [1.54, 1.807) is 10.9 Å². The molecule has 7 nitrogen and oxygen atoms in total. The Balaban J connectivity index is 2.20. The summed E-state index contributed by atoms with van der Waals surface area (Å²) in [6, 6.07) is 2.94. The lowest BCUT2D eigenvalue weighted by molar-refractivity contribution is -0.390. The van der Waals surface area contributed by atoms with Gasteiger partial charge in [0.1, 0.15) is 0 Å². The van der Waals surface area contributed by atoms with Crippen LogP contribution in [0.1, 0.15) is 5.69 Å². The second-order valence-electron chi connectivity index (χ2n) is 3.97. The molecule has 0 amide bonds. The number of sulfonamides is 1. The molecule has 1 aromatic carbocycles. The number of nitrogens with zero attached hydrogens (tertiary/aromatic N) is 2. The minimum Gasteiger partial charge on any atom is -0.258 e. The van der Waals surface area contributed by atoms with Crippen LogP contribution in [0.5, 0.6) is 0 Å².